The summed E-state index contributed by atoms with van der Waals surface area (Å²) in [4.78, 5) is 4.29. The van der Waals surface area contributed by atoms with Gasteiger partial charge in [-0.2, -0.15) is 0 Å². The highest BCUT2D eigenvalue weighted by Crippen LogP contribution is 2.09. The maximum absolute atomic E-state index is 5.36. The number of hydrogen-bond donors (Lipinski definition) is 1. The number of nitrogens with zero attached hydrogens (tertiary/aromatic N) is 3. The van der Waals surface area contributed by atoms with Crippen LogP contribution in [0.4, 0.5) is 0 Å². The predicted octanol–water partition coefficient (Wildman–Crippen LogP) is 2.37. The first-order valence-electron chi connectivity index (χ1n) is 6.67. The molecule has 0 aliphatic carbocycles. The first-order chi connectivity index (χ1) is 8.98. The van der Waals surface area contributed by atoms with Crippen LogP contribution in [-0.4, -0.2) is 20.2 Å². The maximum atomic E-state index is 5.36. The molecule has 0 bridgehead atoms. The van der Waals surface area contributed by atoms with Crippen molar-refractivity contribution in [1.29, 1.82) is 0 Å². The third-order valence-electron chi connectivity index (χ3n) is 2.85. The SMILES string of the molecule is CCc1nccn1Cc1cc(CNC(C)(C)C)no1. The normalized spacial score (nSPS) is 12.0. The zero-order valence-electron chi connectivity index (χ0n) is 12.1. The molecule has 0 aromatic carbocycles. The van der Waals surface area contributed by atoms with Crippen molar-refractivity contribution < 1.29 is 4.52 Å². The highest BCUT2D eigenvalue weighted by molar-refractivity contribution is 5.07. The fourth-order valence-electron chi connectivity index (χ4n) is 1.84. The molecule has 0 radical (unpaired) electrons. The van der Waals surface area contributed by atoms with Crippen LogP contribution in [0.3, 0.4) is 0 Å². The summed E-state index contributed by atoms with van der Waals surface area (Å²) in [5.41, 5.74) is 1.02. The van der Waals surface area contributed by atoms with Gasteiger partial charge < -0.3 is 14.4 Å². The Morgan fingerprint density at radius 2 is 2.16 bits per heavy atom. The van der Waals surface area contributed by atoms with Crippen molar-refractivity contribution in [3.8, 4) is 0 Å². The van der Waals surface area contributed by atoms with E-state index in [1.807, 2.05) is 18.5 Å². The van der Waals surface area contributed by atoms with E-state index in [2.05, 4.69) is 47.7 Å². The zero-order valence-corrected chi connectivity index (χ0v) is 12.1. The van der Waals surface area contributed by atoms with Crippen molar-refractivity contribution in [2.75, 3.05) is 0 Å². The van der Waals surface area contributed by atoms with Crippen molar-refractivity contribution in [3.05, 3.63) is 35.7 Å². The monoisotopic (exact) mass is 262 g/mol. The van der Waals surface area contributed by atoms with E-state index in [9.17, 15) is 0 Å². The van der Waals surface area contributed by atoms with Gasteiger partial charge >= 0.3 is 0 Å². The van der Waals surface area contributed by atoms with Crippen LogP contribution < -0.4 is 5.32 Å². The van der Waals surface area contributed by atoms with Gasteiger partial charge in [-0.1, -0.05) is 12.1 Å². The molecule has 0 atom stereocenters. The Balaban J connectivity index is 1.98. The Labute approximate surface area is 114 Å². The smallest absolute Gasteiger partial charge is 0.156 e. The minimum atomic E-state index is 0.0822. The molecule has 2 aromatic heterocycles. The Morgan fingerprint density at radius 1 is 1.37 bits per heavy atom. The summed E-state index contributed by atoms with van der Waals surface area (Å²) in [5, 5.41) is 7.48. The molecular weight excluding hydrogens is 240 g/mol. The van der Waals surface area contributed by atoms with Gasteiger partial charge in [-0.25, -0.2) is 4.98 Å². The van der Waals surface area contributed by atoms with E-state index < -0.39 is 0 Å². The van der Waals surface area contributed by atoms with Crippen molar-refractivity contribution in [3.63, 3.8) is 0 Å². The van der Waals surface area contributed by atoms with Gasteiger partial charge in [-0.05, 0) is 20.8 Å². The number of rotatable bonds is 5. The average Bonchev–Trinajstić information content (AvgIpc) is 2.95. The second-order valence-corrected chi connectivity index (χ2v) is 5.71. The number of hydrogen-bond acceptors (Lipinski definition) is 4. The van der Waals surface area contributed by atoms with Gasteiger partial charge in [0.05, 0.1) is 12.2 Å². The van der Waals surface area contributed by atoms with Gasteiger partial charge in [0.25, 0.3) is 0 Å². The molecule has 2 aromatic rings. The fourth-order valence-corrected chi connectivity index (χ4v) is 1.84. The standard InChI is InChI=1S/C14H22N4O/c1-5-13-15-6-7-18(13)10-12-8-11(17-19-12)9-16-14(2,3)4/h6-8,16H,5,9-10H2,1-4H3. The van der Waals surface area contributed by atoms with Crippen molar-refractivity contribution >= 4 is 0 Å². The van der Waals surface area contributed by atoms with Crippen LogP contribution in [0.2, 0.25) is 0 Å². The Bertz CT molecular complexity index is 522. The fraction of sp³-hybridized carbons (Fsp3) is 0.571. The van der Waals surface area contributed by atoms with Gasteiger partial charge in [0, 0.05) is 37.0 Å². The first-order valence-corrected chi connectivity index (χ1v) is 6.67. The van der Waals surface area contributed by atoms with Crippen molar-refractivity contribution in [2.24, 2.45) is 0 Å². The lowest BCUT2D eigenvalue weighted by Crippen LogP contribution is -2.35. The van der Waals surface area contributed by atoms with Gasteiger partial charge in [0.2, 0.25) is 0 Å². The Morgan fingerprint density at radius 3 is 2.84 bits per heavy atom. The van der Waals surface area contributed by atoms with Gasteiger partial charge in [-0.3, -0.25) is 0 Å². The third-order valence-corrected chi connectivity index (χ3v) is 2.85. The topological polar surface area (TPSA) is 55.9 Å². The minimum absolute atomic E-state index is 0.0822. The van der Waals surface area contributed by atoms with Gasteiger partial charge in [0.15, 0.2) is 5.76 Å². The van der Waals surface area contributed by atoms with E-state index in [-0.39, 0.29) is 5.54 Å². The molecule has 0 saturated carbocycles. The molecule has 5 nitrogen and oxygen atoms in total. The zero-order chi connectivity index (χ0) is 13.9. The third kappa shape index (κ3) is 3.92. The van der Waals surface area contributed by atoms with Crippen LogP contribution in [0.15, 0.2) is 23.0 Å². The van der Waals surface area contributed by atoms with E-state index in [4.69, 9.17) is 4.52 Å². The second-order valence-electron chi connectivity index (χ2n) is 5.71. The van der Waals surface area contributed by atoms with E-state index in [0.29, 0.717) is 6.54 Å². The molecule has 0 unspecified atom stereocenters. The van der Waals surface area contributed by atoms with Crippen LogP contribution in [0.5, 0.6) is 0 Å². The molecule has 0 amide bonds. The summed E-state index contributed by atoms with van der Waals surface area (Å²) in [6.45, 7) is 9.90. The van der Waals surface area contributed by atoms with Crippen LogP contribution in [0, 0.1) is 0 Å². The molecule has 0 aliphatic heterocycles. The molecule has 0 spiro atoms. The van der Waals surface area contributed by atoms with Crippen molar-refractivity contribution in [1.82, 2.24) is 20.0 Å². The molecule has 0 saturated heterocycles. The molecule has 5 heteroatoms. The molecule has 104 valence electrons. The van der Waals surface area contributed by atoms with Gasteiger partial charge in [0.1, 0.15) is 5.82 Å². The lowest BCUT2D eigenvalue weighted by atomic mass is 10.1. The summed E-state index contributed by atoms with van der Waals surface area (Å²) in [7, 11) is 0. The highest BCUT2D eigenvalue weighted by Gasteiger charge is 2.11. The molecule has 1 N–H and O–H groups in total. The summed E-state index contributed by atoms with van der Waals surface area (Å²) in [6.07, 6.45) is 4.70. The van der Waals surface area contributed by atoms with E-state index in [1.54, 1.807) is 0 Å². The largest absolute Gasteiger partial charge is 0.359 e. The van der Waals surface area contributed by atoms with Crippen LogP contribution in [0.25, 0.3) is 0 Å². The quantitative estimate of drug-likeness (QED) is 0.898. The molecule has 19 heavy (non-hydrogen) atoms. The summed E-state index contributed by atoms with van der Waals surface area (Å²) >= 11 is 0. The molecule has 2 heterocycles. The lowest BCUT2D eigenvalue weighted by molar-refractivity contribution is 0.359. The molecule has 0 aliphatic rings. The number of nitrogens with one attached hydrogen (secondary N) is 1. The lowest BCUT2D eigenvalue weighted by Gasteiger charge is -2.19. The number of imidazole rings is 1. The van der Waals surface area contributed by atoms with E-state index in [0.717, 1.165) is 30.2 Å². The number of aromatic nitrogens is 3. The Kier molecular flexibility index (Phi) is 4.04. The van der Waals surface area contributed by atoms with Gasteiger partial charge in [-0.15, -0.1) is 0 Å². The second kappa shape index (κ2) is 5.57. The average molecular weight is 262 g/mol. The molecule has 2 rings (SSSR count). The first kappa shape index (κ1) is 13.8. The highest BCUT2D eigenvalue weighted by atomic mass is 16.5. The summed E-state index contributed by atoms with van der Waals surface area (Å²) < 4.78 is 7.45. The van der Waals surface area contributed by atoms with Crippen LogP contribution in [-0.2, 0) is 19.5 Å². The van der Waals surface area contributed by atoms with E-state index in [1.165, 1.54) is 0 Å². The summed E-state index contributed by atoms with van der Waals surface area (Å²) in [5.74, 6) is 1.92. The van der Waals surface area contributed by atoms with Crippen LogP contribution >= 0.6 is 0 Å². The predicted molar refractivity (Wildman–Crippen MR) is 73.8 cm³/mol. The number of aryl methyl sites for hydroxylation is 1. The summed E-state index contributed by atoms with van der Waals surface area (Å²) in [6, 6.07) is 2.00. The maximum Gasteiger partial charge on any atom is 0.156 e. The van der Waals surface area contributed by atoms with Crippen LogP contribution in [0.1, 0.15) is 45.0 Å². The van der Waals surface area contributed by atoms with Crippen molar-refractivity contribution in [2.45, 2.75) is 52.7 Å². The molecule has 0 fully saturated rings. The van der Waals surface area contributed by atoms with E-state index >= 15 is 0 Å². The molecular formula is C14H22N4O. The minimum Gasteiger partial charge on any atom is -0.359 e. The Hall–Kier alpha value is -1.62.